The van der Waals surface area contributed by atoms with Crippen LogP contribution >= 0.6 is 23.8 Å². The van der Waals surface area contributed by atoms with Crippen molar-refractivity contribution < 1.29 is 0 Å². The zero-order valence-corrected chi connectivity index (χ0v) is 16.1. The van der Waals surface area contributed by atoms with Crippen LogP contribution in [0.15, 0.2) is 41.5 Å². The molecule has 1 aliphatic carbocycles. The Morgan fingerprint density at radius 2 is 1.92 bits per heavy atom. The van der Waals surface area contributed by atoms with Crippen molar-refractivity contribution in [1.82, 2.24) is 4.98 Å². The lowest BCUT2D eigenvalue weighted by atomic mass is 9.77. The molecule has 1 heterocycles. The van der Waals surface area contributed by atoms with Gasteiger partial charge in [0.05, 0.1) is 27.8 Å². The van der Waals surface area contributed by atoms with E-state index in [0.29, 0.717) is 16.6 Å². The van der Waals surface area contributed by atoms with Gasteiger partial charge in [-0.1, -0.05) is 55.6 Å². The molecule has 0 unspecified atom stereocenters. The van der Waals surface area contributed by atoms with Crippen molar-refractivity contribution in [3.8, 4) is 11.3 Å². The van der Waals surface area contributed by atoms with Gasteiger partial charge in [-0.05, 0) is 61.4 Å². The topological polar surface area (TPSA) is 25.2 Å². The first-order valence-corrected chi connectivity index (χ1v) is 9.83. The van der Waals surface area contributed by atoms with E-state index < -0.39 is 0 Å². The van der Waals surface area contributed by atoms with Crippen LogP contribution in [0.5, 0.6) is 0 Å². The number of aromatic nitrogens is 1. The summed E-state index contributed by atoms with van der Waals surface area (Å²) in [6.07, 6.45) is 9.74. The molecule has 0 aliphatic heterocycles. The molecule has 0 amide bonds. The van der Waals surface area contributed by atoms with Gasteiger partial charge in [0.2, 0.25) is 0 Å². The minimum atomic E-state index is 0.583. The second kappa shape index (κ2) is 8.71. The molecule has 1 aromatic heterocycles. The third kappa shape index (κ3) is 4.55. The van der Waals surface area contributed by atoms with Crippen molar-refractivity contribution in [3.63, 3.8) is 0 Å². The predicted molar refractivity (Wildman–Crippen MR) is 109 cm³/mol. The van der Waals surface area contributed by atoms with E-state index in [0.717, 1.165) is 17.2 Å². The first-order chi connectivity index (χ1) is 12.2. The Balaban J connectivity index is 1.71. The van der Waals surface area contributed by atoms with Gasteiger partial charge < -0.3 is 0 Å². The Hall–Kier alpha value is -1.54. The van der Waals surface area contributed by atoms with Crippen LogP contribution in [-0.2, 0) is 0 Å². The molecule has 1 fully saturated rings. The van der Waals surface area contributed by atoms with E-state index in [9.17, 15) is 0 Å². The molecular formula is C21H23ClN2S. The fourth-order valence-electron chi connectivity index (χ4n) is 3.86. The Morgan fingerprint density at radius 1 is 1.20 bits per heavy atom. The van der Waals surface area contributed by atoms with Gasteiger partial charge in [-0.25, -0.2) is 0 Å². The number of halogens is 1. The highest BCUT2D eigenvalue weighted by atomic mass is 35.5. The number of rotatable bonds is 5. The molecule has 0 spiro atoms. The minimum Gasteiger partial charge on any atom is -0.252 e. The van der Waals surface area contributed by atoms with Crippen LogP contribution in [0.25, 0.3) is 11.3 Å². The molecule has 0 N–H and O–H groups in total. The highest BCUT2D eigenvalue weighted by Crippen LogP contribution is 2.38. The van der Waals surface area contributed by atoms with E-state index in [2.05, 4.69) is 58.5 Å². The molecule has 4 heteroatoms. The van der Waals surface area contributed by atoms with Gasteiger partial charge in [0.25, 0.3) is 0 Å². The molecule has 25 heavy (non-hydrogen) atoms. The average Bonchev–Trinajstić information content (AvgIpc) is 2.63. The maximum absolute atomic E-state index is 6.35. The third-order valence-electron chi connectivity index (χ3n) is 5.20. The highest BCUT2D eigenvalue weighted by molar-refractivity contribution is 7.78. The van der Waals surface area contributed by atoms with Crippen LogP contribution in [0.4, 0.5) is 5.69 Å². The molecule has 1 aromatic carbocycles. The monoisotopic (exact) mass is 370 g/mol. The van der Waals surface area contributed by atoms with Gasteiger partial charge in [-0.2, -0.15) is 4.99 Å². The molecule has 3 rings (SSSR count). The van der Waals surface area contributed by atoms with Crippen LogP contribution in [0, 0.1) is 5.92 Å². The average molecular weight is 371 g/mol. The second-order valence-corrected chi connectivity index (χ2v) is 7.45. The number of nitrogens with zero attached hydrogens (tertiary/aromatic N) is 2. The van der Waals surface area contributed by atoms with Gasteiger partial charge in [-0.3, -0.25) is 4.98 Å². The Labute approximate surface area is 160 Å². The lowest BCUT2D eigenvalue weighted by Gasteiger charge is -2.28. The minimum absolute atomic E-state index is 0.583. The summed E-state index contributed by atoms with van der Waals surface area (Å²) in [5.41, 5.74) is 3.88. The van der Waals surface area contributed by atoms with Crippen LogP contribution in [0.3, 0.4) is 0 Å². The van der Waals surface area contributed by atoms with Crippen LogP contribution in [0.2, 0.25) is 5.02 Å². The molecule has 0 bridgehead atoms. The van der Waals surface area contributed by atoms with Crippen molar-refractivity contribution in [1.29, 1.82) is 0 Å². The summed E-state index contributed by atoms with van der Waals surface area (Å²) in [5.74, 6) is 1.64. The van der Waals surface area contributed by atoms with Gasteiger partial charge >= 0.3 is 0 Å². The van der Waals surface area contributed by atoms with E-state index in [1.165, 1.54) is 44.1 Å². The maximum Gasteiger partial charge on any atom is 0.0937 e. The summed E-state index contributed by atoms with van der Waals surface area (Å²) in [6, 6.07) is 10.5. The quantitative estimate of drug-likeness (QED) is 0.410. The number of thiocarbonyl (C=S) groups is 1. The molecule has 130 valence electrons. The van der Waals surface area contributed by atoms with Crippen molar-refractivity contribution >= 4 is 34.7 Å². The van der Waals surface area contributed by atoms with Crippen molar-refractivity contribution in [3.05, 3.63) is 47.1 Å². The normalized spacial score (nSPS) is 20.1. The van der Waals surface area contributed by atoms with Crippen molar-refractivity contribution in [2.75, 3.05) is 0 Å². The van der Waals surface area contributed by atoms with Gasteiger partial charge in [0.1, 0.15) is 0 Å². The zero-order valence-electron chi connectivity index (χ0n) is 14.5. The number of aliphatic imine (C=N–C) groups is 1. The number of pyridine rings is 1. The first kappa shape index (κ1) is 18.3. The summed E-state index contributed by atoms with van der Waals surface area (Å²) < 4.78 is 0. The van der Waals surface area contributed by atoms with E-state index in [1.54, 1.807) is 12.3 Å². The number of hydrogen-bond acceptors (Lipinski definition) is 3. The number of isothiocyanates is 1. The molecule has 1 saturated carbocycles. The standard InChI is InChI=1S/C21H23ClN2S/c1-2-3-15-4-6-16(7-5-15)17-8-10-18(11-9-17)21-20(22)12-19(13-23-21)24-14-25/h8-13,15-16H,2-7H2,1H3. The number of hydrogen-bond donors (Lipinski definition) is 0. The van der Waals surface area contributed by atoms with Crippen molar-refractivity contribution in [2.45, 2.75) is 51.4 Å². The summed E-state index contributed by atoms with van der Waals surface area (Å²) in [7, 11) is 0. The molecule has 0 radical (unpaired) electrons. The maximum atomic E-state index is 6.35. The molecular weight excluding hydrogens is 348 g/mol. The smallest absolute Gasteiger partial charge is 0.0937 e. The zero-order chi connectivity index (χ0) is 17.6. The Kier molecular flexibility index (Phi) is 6.36. The summed E-state index contributed by atoms with van der Waals surface area (Å²) >= 11 is 11.0. The van der Waals surface area contributed by atoms with Crippen molar-refractivity contribution in [2.24, 2.45) is 10.9 Å². The number of benzene rings is 1. The molecule has 2 aromatic rings. The second-order valence-electron chi connectivity index (χ2n) is 6.86. The fourth-order valence-corrected chi connectivity index (χ4v) is 4.24. The third-order valence-corrected chi connectivity index (χ3v) is 5.58. The highest BCUT2D eigenvalue weighted by Gasteiger charge is 2.21. The van der Waals surface area contributed by atoms with Crippen LogP contribution in [0.1, 0.15) is 56.9 Å². The lowest BCUT2D eigenvalue weighted by molar-refractivity contribution is 0.308. The Morgan fingerprint density at radius 3 is 2.52 bits per heavy atom. The molecule has 0 saturated heterocycles. The summed E-state index contributed by atoms with van der Waals surface area (Å²) in [6.45, 7) is 2.29. The summed E-state index contributed by atoms with van der Waals surface area (Å²) in [4.78, 5) is 8.34. The largest absolute Gasteiger partial charge is 0.252 e. The van der Waals surface area contributed by atoms with E-state index in [4.69, 9.17) is 11.6 Å². The molecule has 0 atom stereocenters. The molecule has 1 aliphatic rings. The van der Waals surface area contributed by atoms with Crippen LogP contribution in [-0.4, -0.2) is 10.1 Å². The predicted octanol–water partition coefficient (Wildman–Crippen LogP) is 7.21. The van der Waals surface area contributed by atoms with Crippen LogP contribution < -0.4 is 0 Å². The fraction of sp³-hybridized carbons (Fsp3) is 0.429. The first-order valence-electron chi connectivity index (χ1n) is 9.05. The van der Waals surface area contributed by atoms with E-state index in [-0.39, 0.29) is 0 Å². The lowest BCUT2D eigenvalue weighted by Crippen LogP contribution is -2.13. The molecule has 2 nitrogen and oxygen atoms in total. The van der Waals surface area contributed by atoms with Gasteiger partial charge in [-0.15, -0.1) is 0 Å². The SMILES string of the molecule is CCCC1CCC(c2ccc(-c3ncc(N=C=S)cc3Cl)cc2)CC1. The van der Waals surface area contributed by atoms with E-state index >= 15 is 0 Å². The van der Waals surface area contributed by atoms with Gasteiger partial charge in [0, 0.05) is 5.56 Å². The van der Waals surface area contributed by atoms with E-state index in [1.807, 2.05) is 0 Å². The Bertz CT molecular complexity index is 758. The summed E-state index contributed by atoms with van der Waals surface area (Å²) in [5, 5.41) is 2.92. The van der Waals surface area contributed by atoms with Gasteiger partial charge in [0.15, 0.2) is 0 Å².